The first-order chi connectivity index (χ1) is 29.7. The molecule has 9 aromatic carbocycles. The standard InChI is InChI=1S/C60H46/c1-5-17-47(18-6-1)59(48-19-7-2-8-20-48)55-27-15-13-25-51(55)53-39-37-45(41-57(53)59)35-33-43-29-31-44(32-30-43)34-36-46-38-40-54-52-26-14-16-28-56(52)60(58(54)42-46,49-21-9-3-10-22-49)50-23-11-4-12-24-50/h1-32,37-42H,33-36H2. The van der Waals surface area contributed by atoms with Crippen LogP contribution in [0.4, 0.5) is 0 Å². The van der Waals surface area contributed by atoms with Crippen LogP contribution in [-0.2, 0) is 36.5 Å². The molecule has 0 nitrogen and oxygen atoms in total. The van der Waals surface area contributed by atoms with Gasteiger partial charge < -0.3 is 0 Å². The molecule has 60 heavy (non-hydrogen) atoms. The van der Waals surface area contributed by atoms with Gasteiger partial charge >= 0.3 is 0 Å². The van der Waals surface area contributed by atoms with Gasteiger partial charge in [0, 0.05) is 0 Å². The van der Waals surface area contributed by atoms with E-state index in [4.69, 9.17) is 0 Å². The van der Waals surface area contributed by atoms with Crippen molar-refractivity contribution in [2.45, 2.75) is 36.5 Å². The van der Waals surface area contributed by atoms with E-state index >= 15 is 0 Å². The maximum absolute atomic E-state index is 2.50. The number of fused-ring (bicyclic) bond motifs is 6. The summed E-state index contributed by atoms with van der Waals surface area (Å²) in [6.45, 7) is 0. The highest BCUT2D eigenvalue weighted by Gasteiger charge is 2.47. The second-order valence-corrected chi connectivity index (χ2v) is 16.6. The third kappa shape index (κ3) is 5.74. The Labute approximate surface area is 354 Å². The molecule has 0 saturated carbocycles. The van der Waals surface area contributed by atoms with E-state index < -0.39 is 0 Å². The molecule has 286 valence electrons. The first-order valence-corrected chi connectivity index (χ1v) is 21.5. The molecule has 0 amide bonds. The molecule has 0 spiro atoms. The van der Waals surface area contributed by atoms with Crippen molar-refractivity contribution in [3.05, 3.63) is 297 Å². The van der Waals surface area contributed by atoms with Crippen LogP contribution in [0.2, 0.25) is 0 Å². The summed E-state index contributed by atoms with van der Waals surface area (Å²) in [5.41, 5.74) is 20.9. The molecule has 0 atom stereocenters. The molecule has 0 aromatic heterocycles. The van der Waals surface area contributed by atoms with Crippen LogP contribution in [0.3, 0.4) is 0 Å². The molecule has 2 aliphatic rings. The first kappa shape index (κ1) is 36.1. The average Bonchev–Trinajstić information content (AvgIpc) is 3.79. The normalized spacial score (nSPS) is 13.9. The quantitative estimate of drug-likeness (QED) is 0.130. The molecule has 0 aliphatic heterocycles. The van der Waals surface area contributed by atoms with E-state index in [0.29, 0.717) is 0 Å². The molecular formula is C60H46. The topological polar surface area (TPSA) is 0 Å². The van der Waals surface area contributed by atoms with Crippen LogP contribution in [-0.4, -0.2) is 0 Å². The SMILES string of the molecule is c1ccc(C2(c3ccccc3)c3ccccc3-c3ccc(CCc4ccc(CCc5ccc6c(c5)C(c5ccccc5)(c5ccccc5)c5ccccc5-6)cc4)cc32)cc1. The summed E-state index contributed by atoms with van der Waals surface area (Å²) in [5.74, 6) is 0. The molecule has 0 N–H and O–H groups in total. The summed E-state index contributed by atoms with van der Waals surface area (Å²) in [6, 6.07) is 86.3. The maximum atomic E-state index is 2.50. The molecule has 2 aliphatic carbocycles. The van der Waals surface area contributed by atoms with Gasteiger partial charge in [0.05, 0.1) is 10.8 Å². The second-order valence-electron chi connectivity index (χ2n) is 16.6. The van der Waals surface area contributed by atoms with Gasteiger partial charge in [-0.05, 0) is 115 Å². The highest BCUT2D eigenvalue weighted by atomic mass is 14.5. The van der Waals surface area contributed by atoms with Crippen molar-refractivity contribution in [3.8, 4) is 22.3 Å². The van der Waals surface area contributed by atoms with Gasteiger partial charge in [-0.25, -0.2) is 0 Å². The fourth-order valence-corrected chi connectivity index (χ4v) is 10.7. The smallest absolute Gasteiger partial charge is 0.0622 e. The van der Waals surface area contributed by atoms with Crippen molar-refractivity contribution < 1.29 is 0 Å². The summed E-state index contributed by atoms with van der Waals surface area (Å²) in [5, 5.41) is 0. The number of rotatable bonds is 10. The molecule has 0 radical (unpaired) electrons. The average molecular weight is 767 g/mol. The van der Waals surface area contributed by atoms with Crippen LogP contribution >= 0.6 is 0 Å². The lowest BCUT2D eigenvalue weighted by molar-refractivity contribution is 0.765. The minimum absolute atomic E-state index is 0.362. The predicted octanol–water partition coefficient (Wildman–Crippen LogP) is 14.0. The number of aryl methyl sites for hydroxylation is 4. The van der Waals surface area contributed by atoms with Crippen LogP contribution in [0.25, 0.3) is 22.3 Å². The third-order valence-corrected chi connectivity index (χ3v) is 13.5. The number of hydrogen-bond donors (Lipinski definition) is 0. The largest absolute Gasteiger partial charge is 0.0713 e. The minimum Gasteiger partial charge on any atom is -0.0622 e. The van der Waals surface area contributed by atoms with Gasteiger partial charge in [-0.1, -0.05) is 231 Å². The molecule has 0 unspecified atom stereocenters. The summed E-state index contributed by atoms with van der Waals surface area (Å²) in [7, 11) is 0. The van der Waals surface area contributed by atoms with Gasteiger partial charge in [0.1, 0.15) is 0 Å². The van der Waals surface area contributed by atoms with Crippen LogP contribution < -0.4 is 0 Å². The minimum atomic E-state index is -0.362. The Morgan fingerprint density at radius 1 is 0.217 bits per heavy atom. The monoisotopic (exact) mass is 766 g/mol. The van der Waals surface area contributed by atoms with Crippen LogP contribution in [0, 0.1) is 0 Å². The zero-order valence-corrected chi connectivity index (χ0v) is 33.8. The van der Waals surface area contributed by atoms with E-state index in [1.165, 1.54) is 89.0 Å². The van der Waals surface area contributed by atoms with Gasteiger partial charge in [-0.15, -0.1) is 0 Å². The van der Waals surface area contributed by atoms with Crippen LogP contribution in [0.15, 0.2) is 231 Å². The highest BCUT2D eigenvalue weighted by Crippen LogP contribution is 2.57. The summed E-state index contributed by atoms with van der Waals surface area (Å²) < 4.78 is 0. The molecule has 11 rings (SSSR count). The molecule has 9 aromatic rings. The van der Waals surface area contributed by atoms with Crippen molar-refractivity contribution in [1.82, 2.24) is 0 Å². The van der Waals surface area contributed by atoms with Gasteiger partial charge in [0.15, 0.2) is 0 Å². The first-order valence-electron chi connectivity index (χ1n) is 21.5. The Morgan fingerprint density at radius 2 is 0.483 bits per heavy atom. The second kappa shape index (κ2) is 15.0. The zero-order chi connectivity index (χ0) is 39.9. The van der Waals surface area contributed by atoms with Crippen molar-refractivity contribution >= 4 is 0 Å². The summed E-state index contributed by atoms with van der Waals surface area (Å²) in [6.07, 6.45) is 3.99. The Balaban J connectivity index is 0.853. The fourth-order valence-electron chi connectivity index (χ4n) is 10.7. The highest BCUT2D eigenvalue weighted by molar-refractivity contribution is 5.88. The third-order valence-electron chi connectivity index (χ3n) is 13.5. The van der Waals surface area contributed by atoms with Gasteiger partial charge in [-0.2, -0.15) is 0 Å². The number of hydrogen-bond acceptors (Lipinski definition) is 0. The van der Waals surface area contributed by atoms with E-state index in [2.05, 4.69) is 231 Å². The maximum Gasteiger partial charge on any atom is 0.0713 e. The molecule has 0 heteroatoms. The fraction of sp³-hybridized carbons (Fsp3) is 0.100. The van der Waals surface area contributed by atoms with Crippen LogP contribution in [0.5, 0.6) is 0 Å². The van der Waals surface area contributed by atoms with Gasteiger partial charge in [-0.3, -0.25) is 0 Å². The van der Waals surface area contributed by atoms with E-state index in [1.807, 2.05) is 0 Å². The molecule has 0 saturated heterocycles. The Kier molecular flexibility index (Phi) is 9.01. The van der Waals surface area contributed by atoms with Gasteiger partial charge in [0.25, 0.3) is 0 Å². The lowest BCUT2D eigenvalue weighted by atomic mass is 9.67. The predicted molar refractivity (Wildman–Crippen MR) is 249 cm³/mol. The Morgan fingerprint density at radius 3 is 0.833 bits per heavy atom. The molecule has 0 fully saturated rings. The molecule has 0 heterocycles. The van der Waals surface area contributed by atoms with E-state index in [9.17, 15) is 0 Å². The number of benzene rings is 9. The van der Waals surface area contributed by atoms with Crippen molar-refractivity contribution in [2.75, 3.05) is 0 Å². The van der Waals surface area contributed by atoms with Crippen molar-refractivity contribution in [1.29, 1.82) is 0 Å². The van der Waals surface area contributed by atoms with Crippen molar-refractivity contribution in [3.63, 3.8) is 0 Å². The van der Waals surface area contributed by atoms with E-state index in [-0.39, 0.29) is 10.8 Å². The lowest BCUT2D eigenvalue weighted by Gasteiger charge is -2.34. The Bertz CT molecular complexity index is 2660. The van der Waals surface area contributed by atoms with Crippen molar-refractivity contribution in [2.24, 2.45) is 0 Å². The lowest BCUT2D eigenvalue weighted by Crippen LogP contribution is -2.28. The summed E-state index contributed by atoms with van der Waals surface area (Å²) >= 11 is 0. The van der Waals surface area contributed by atoms with E-state index in [0.717, 1.165) is 25.7 Å². The van der Waals surface area contributed by atoms with Crippen LogP contribution in [0.1, 0.15) is 66.8 Å². The van der Waals surface area contributed by atoms with E-state index in [1.54, 1.807) is 0 Å². The van der Waals surface area contributed by atoms with Gasteiger partial charge in [0.2, 0.25) is 0 Å². The molecule has 0 bridgehead atoms. The summed E-state index contributed by atoms with van der Waals surface area (Å²) in [4.78, 5) is 0. The molecular weight excluding hydrogens is 721 g/mol. The Hall–Kier alpha value is -7.02. The zero-order valence-electron chi connectivity index (χ0n) is 33.8.